The number of carboxylic acid groups (broad SMARTS) is 1. The molecule has 0 saturated heterocycles. The van der Waals surface area contributed by atoms with E-state index in [-0.39, 0.29) is 12.1 Å². The molecule has 1 N–H and O–H groups in total. The van der Waals surface area contributed by atoms with E-state index in [4.69, 9.17) is 5.11 Å². The minimum absolute atomic E-state index is 0.113. The van der Waals surface area contributed by atoms with Crippen LogP contribution in [0.4, 0.5) is 4.39 Å². The summed E-state index contributed by atoms with van der Waals surface area (Å²) in [5, 5.41) is 9.14. The van der Waals surface area contributed by atoms with Crippen molar-refractivity contribution >= 4 is 21.9 Å². The Hall–Kier alpha value is -1.95. The number of carboxylic acids is 1. The highest BCUT2D eigenvalue weighted by molar-refractivity contribution is 9.10. The lowest BCUT2D eigenvalue weighted by Crippen LogP contribution is -2.29. The number of nitrogens with zero attached hydrogens (tertiary/aromatic N) is 1. The first-order valence-electron chi connectivity index (χ1n) is 6.19. The van der Waals surface area contributed by atoms with Crippen molar-refractivity contribution < 1.29 is 14.3 Å². The van der Waals surface area contributed by atoms with Crippen LogP contribution < -0.4 is 5.56 Å². The van der Waals surface area contributed by atoms with Crippen molar-refractivity contribution in [1.82, 2.24) is 4.57 Å². The average molecular weight is 354 g/mol. The fourth-order valence-electron chi connectivity index (χ4n) is 2.27. The third kappa shape index (κ3) is 3.21. The smallest absolute Gasteiger partial charge is 0.341 e. The van der Waals surface area contributed by atoms with E-state index in [2.05, 4.69) is 15.9 Å². The van der Waals surface area contributed by atoms with Crippen LogP contribution in [0.1, 0.15) is 27.2 Å². The highest BCUT2D eigenvalue weighted by Crippen LogP contribution is 2.16. The molecule has 0 bridgehead atoms. The molecule has 21 heavy (non-hydrogen) atoms. The molecule has 0 amide bonds. The molecule has 0 fully saturated rings. The summed E-state index contributed by atoms with van der Waals surface area (Å²) in [4.78, 5) is 23.5. The predicted molar refractivity (Wildman–Crippen MR) is 80.3 cm³/mol. The Labute approximate surface area is 129 Å². The van der Waals surface area contributed by atoms with Gasteiger partial charge in [0.1, 0.15) is 11.4 Å². The van der Waals surface area contributed by atoms with E-state index in [1.165, 1.54) is 16.7 Å². The minimum atomic E-state index is -1.26. The first-order valence-corrected chi connectivity index (χ1v) is 6.98. The third-order valence-corrected chi connectivity index (χ3v) is 3.64. The second-order valence-electron chi connectivity index (χ2n) is 4.82. The molecule has 0 unspecified atom stereocenters. The van der Waals surface area contributed by atoms with Crippen molar-refractivity contribution in [3.63, 3.8) is 0 Å². The molecule has 1 aromatic carbocycles. The number of aromatic carboxylic acids is 1. The Bertz CT molecular complexity index is 763. The SMILES string of the molecule is Cc1cc(C)n(Cc2cc(F)cc(Br)c2)c(=O)c1C(=O)O. The summed E-state index contributed by atoms with van der Waals surface area (Å²) in [7, 11) is 0. The molecule has 2 aromatic rings. The number of aryl methyl sites for hydroxylation is 2. The molecule has 110 valence electrons. The first kappa shape index (κ1) is 15.4. The predicted octanol–water partition coefficient (Wildman–Crippen LogP) is 3.11. The lowest BCUT2D eigenvalue weighted by Gasteiger charge is -2.13. The summed E-state index contributed by atoms with van der Waals surface area (Å²) >= 11 is 3.19. The number of hydrogen-bond donors (Lipinski definition) is 1. The van der Waals surface area contributed by atoms with Gasteiger partial charge >= 0.3 is 5.97 Å². The van der Waals surface area contributed by atoms with Crippen LogP contribution in [0.15, 0.2) is 33.5 Å². The molecular formula is C15H13BrFNO3. The Morgan fingerprint density at radius 2 is 1.95 bits per heavy atom. The van der Waals surface area contributed by atoms with Crippen molar-refractivity contribution in [2.24, 2.45) is 0 Å². The van der Waals surface area contributed by atoms with E-state index in [1.807, 2.05) is 0 Å². The Morgan fingerprint density at radius 3 is 2.52 bits per heavy atom. The normalized spacial score (nSPS) is 10.7. The third-order valence-electron chi connectivity index (χ3n) is 3.18. The van der Waals surface area contributed by atoms with E-state index in [0.29, 0.717) is 21.3 Å². The molecule has 0 radical (unpaired) electrons. The van der Waals surface area contributed by atoms with Gasteiger partial charge in [0, 0.05) is 10.2 Å². The lowest BCUT2D eigenvalue weighted by molar-refractivity contribution is 0.0693. The molecule has 1 heterocycles. The molecule has 0 atom stereocenters. The van der Waals surface area contributed by atoms with Gasteiger partial charge in [0.25, 0.3) is 5.56 Å². The van der Waals surface area contributed by atoms with E-state index < -0.39 is 17.3 Å². The minimum Gasteiger partial charge on any atom is -0.477 e. The number of carbonyl (C=O) groups is 1. The largest absolute Gasteiger partial charge is 0.477 e. The van der Waals surface area contributed by atoms with Gasteiger partial charge in [-0.25, -0.2) is 9.18 Å². The summed E-state index contributed by atoms with van der Waals surface area (Å²) in [6, 6.07) is 5.96. The van der Waals surface area contributed by atoms with Gasteiger partial charge in [-0.15, -0.1) is 0 Å². The summed E-state index contributed by atoms with van der Waals surface area (Å²) in [6.45, 7) is 3.41. The molecule has 1 aromatic heterocycles. The number of benzene rings is 1. The molecular weight excluding hydrogens is 341 g/mol. The second kappa shape index (κ2) is 5.81. The van der Waals surface area contributed by atoms with E-state index in [1.54, 1.807) is 26.0 Å². The first-order chi connectivity index (χ1) is 9.79. The summed E-state index contributed by atoms with van der Waals surface area (Å²) < 4.78 is 15.3. The standard InChI is InChI=1S/C15H13BrFNO3/c1-8-3-9(2)18(14(19)13(8)15(20)21)7-10-4-11(16)6-12(17)5-10/h3-6H,7H2,1-2H3,(H,20,21). The van der Waals surface area contributed by atoms with Crippen LogP contribution in [-0.2, 0) is 6.54 Å². The Balaban J connectivity index is 2.57. The van der Waals surface area contributed by atoms with Crippen molar-refractivity contribution in [2.45, 2.75) is 20.4 Å². The average Bonchev–Trinajstić information content (AvgIpc) is 2.32. The van der Waals surface area contributed by atoms with Crippen LogP contribution in [0.5, 0.6) is 0 Å². The highest BCUT2D eigenvalue weighted by atomic mass is 79.9. The molecule has 4 nitrogen and oxygen atoms in total. The van der Waals surface area contributed by atoms with Crippen molar-refractivity contribution in [3.8, 4) is 0 Å². The van der Waals surface area contributed by atoms with Crippen LogP contribution in [0, 0.1) is 19.7 Å². The van der Waals surface area contributed by atoms with Crippen molar-refractivity contribution in [1.29, 1.82) is 0 Å². The van der Waals surface area contributed by atoms with Crippen LogP contribution in [-0.4, -0.2) is 15.6 Å². The number of hydrogen-bond acceptors (Lipinski definition) is 2. The topological polar surface area (TPSA) is 59.3 Å². The maximum absolute atomic E-state index is 13.4. The van der Waals surface area contributed by atoms with Gasteiger partial charge in [-0.1, -0.05) is 15.9 Å². The van der Waals surface area contributed by atoms with E-state index >= 15 is 0 Å². The van der Waals surface area contributed by atoms with Gasteiger partial charge in [0.15, 0.2) is 0 Å². The van der Waals surface area contributed by atoms with Gasteiger partial charge in [-0.3, -0.25) is 4.79 Å². The van der Waals surface area contributed by atoms with Crippen LogP contribution in [0.25, 0.3) is 0 Å². The van der Waals surface area contributed by atoms with Gasteiger partial charge in [-0.05, 0) is 49.2 Å². The van der Waals surface area contributed by atoms with Crippen molar-refractivity contribution in [2.75, 3.05) is 0 Å². The number of halogens is 2. The van der Waals surface area contributed by atoms with Gasteiger partial charge in [0.05, 0.1) is 6.54 Å². The van der Waals surface area contributed by atoms with Gasteiger partial charge in [-0.2, -0.15) is 0 Å². The second-order valence-corrected chi connectivity index (χ2v) is 5.73. The quantitative estimate of drug-likeness (QED) is 0.922. The fourth-order valence-corrected chi connectivity index (χ4v) is 2.78. The maximum atomic E-state index is 13.4. The molecule has 0 saturated carbocycles. The van der Waals surface area contributed by atoms with E-state index in [9.17, 15) is 14.0 Å². The molecule has 0 aliphatic heterocycles. The highest BCUT2D eigenvalue weighted by Gasteiger charge is 2.16. The Kier molecular flexibility index (Phi) is 4.27. The molecule has 0 aliphatic rings. The molecule has 2 rings (SSSR count). The number of aromatic nitrogens is 1. The zero-order valence-electron chi connectivity index (χ0n) is 11.5. The number of rotatable bonds is 3. The zero-order chi connectivity index (χ0) is 15.7. The molecule has 6 heteroatoms. The fraction of sp³-hybridized carbons (Fsp3) is 0.200. The summed E-state index contributed by atoms with van der Waals surface area (Å²) in [5.41, 5.74) is 0.785. The summed E-state index contributed by atoms with van der Waals surface area (Å²) in [6.07, 6.45) is 0. The van der Waals surface area contributed by atoms with Crippen LogP contribution in [0.3, 0.4) is 0 Å². The number of pyridine rings is 1. The van der Waals surface area contributed by atoms with E-state index in [0.717, 1.165) is 0 Å². The van der Waals surface area contributed by atoms with Crippen LogP contribution in [0.2, 0.25) is 0 Å². The molecule has 0 spiro atoms. The Morgan fingerprint density at radius 1 is 1.29 bits per heavy atom. The monoisotopic (exact) mass is 353 g/mol. The van der Waals surface area contributed by atoms with Crippen molar-refractivity contribution in [3.05, 3.63) is 67.3 Å². The zero-order valence-corrected chi connectivity index (χ0v) is 13.1. The maximum Gasteiger partial charge on any atom is 0.341 e. The lowest BCUT2D eigenvalue weighted by atomic mass is 10.1. The van der Waals surface area contributed by atoms with Gasteiger partial charge in [0.2, 0.25) is 0 Å². The van der Waals surface area contributed by atoms with Gasteiger partial charge < -0.3 is 9.67 Å². The molecule has 0 aliphatic carbocycles. The summed E-state index contributed by atoms with van der Waals surface area (Å²) in [5.74, 6) is -1.68. The van der Waals surface area contributed by atoms with Crippen LogP contribution >= 0.6 is 15.9 Å².